The minimum Gasteiger partial charge on any atom is -0.459 e. The van der Waals surface area contributed by atoms with Crippen LogP contribution in [0.4, 0.5) is 10.7 Å². The van der Waals surface area contributed by atoms with Gasteiger partial charge in [0.25, 0.3) is 11.8 Å². The van der Waals surface area contributed by atoms with Crippen LogP contribution in [0.5, 0.6) is 0 Å². The molecule has 0 fully saturated rings. The largest absolute Gasteiger partial charge is 0.459 e. The molecule has 26 heavy (non-hydrogen) atoms. The third-order valence-corrected chi connectivity index (χ3v) is 4.44. The number of amides is 3. The molecule has 0 aliphatic carbocycles. The molecule has 3 aromatic rings. The number of carbonyl (C=O) groups is 3. The van der Waals surface area contributed by atoms with Crippen LogP contribution in [0.1, 0.15) is 25.8 Å². The second kappa shape index (κ2) is 7.66. The van der Waals surface area contributed by atoms with E-state index in [1.807, 2.05) is 0 Å². The van der Waals surface area contributed by atoms with Gasteiger partial charge in [-0.3, -0.25) is 14.4 Å². The van der Waals surface area contributed by atoms with Gasteiger partial charge in [-0.2, -0.15) is 0 Å². The van der Waals surface area contributed by atoms with Gasteiger partial charge < -0.3 is 20.8 Å². The van der Waals surface area contributed by atoms with Crippen LogP contribution in [0, 0.1) is 0 Å². The summed E-state index contributed by atoms with van der Waals surface area (Å²) in [6.07, 6.45) is 1.44. The fourth-order valence-electron chi connectivity index (χ4n) is 2.28. The summed E-state index contributed by atoms with van der Waals surface area (Å²) in [7, 11) is 0. The highest BCUT2D eigenvalue weighted by molar-refractivity contribution is 7.18. The first kappa shape index (κ1) is 17.4. The molecule has 1 aromatic carbocycles. The van der Waals surface area contributed by atoms with Crippen LogP contribution in [-0.4, -0.2) is 17.7 Å². The second-order valence-electron chi connectivity index (χ2n) is 5.35. The summed E-state index contributed by atoms with van der Waals surface area (Å²) < 4.78 is 5.02. The zero-order chi connectivity index (χ0) is 18.5. The number of carbonyl (C=O) groups excluding carboxylic acids is 3. The van der Waals surface area contributed by atoms with Crippen molar-refractivity contribution >= 4 is 39.7 Å². The summed E-state index contributed by atoms with van der Waals surface area (Å²) in [6, 6.07) is 13.3. The van der Waals surface area contributed by atoms with Crippen LogP contribution in [0.2, 0.25) is 0 Å². The predicted octanol–water partition coefficient (Wildman–Crippen LogP) is 2.87. The van der Waals surface area contributed by atoms with E-state index in [2.05, 4.69) is 10.6 Å². The van der Waals surface area contributed by atoms with Gasteiger partial charge >= 0.3 is 0 Å². The molecule has 0 spiro atoms. The van der Waals surface area contributed by atoms with Crippen LogP contribution in [0.25, 0.3) is 0 Å². The van der Waals surface area contributed by atoms with Crippen molar-refractivity contribution in [2.24, 2.45) is 5.73 Å². The number of thiophene rings is 1. The maximum atomic E-state index is 12.4. The Hall–Kier alpha value is -3.39. The van der Waals surface area contributed by atoms with E-state index >= 15 is 0 Å². The van der Waals surface area contributed by atoms with Gasteiger partial charge in [0.1, 0.15) is 0 Å². The first-order chi connectivity index (χ1) is 12.5. The molecule has 3 rings (SSSR count). The number of anilines is 2. The summed E-state index contributed by atoms with van der Waals surface area (Å²) in [5.41, 5.74) is 6.38. The van der Waals surface area contributed by atoms with E-state index in [4.69, 9.17) is 10.2 Å². The molecule has 2 aromatic heterocycles. The van der Waals surface area contributed by atoms with Gasteiger partial charge in [-0.1, -0.05) is 18.2 Å². The summed E-state index contributed by atoms with van der Waals surface area (Å²) in [5.74, 6) is -1.03. The van der Waals surface area contributed by atoms with Gasteiger partial charge in [-0.25, -0.2) is 0 Å². The van der Waals surface area contributed by atoms with E-state index in [0.717, 1.165) is 11.3 Å². The average molecular weight is 369 g/mol. The molecule has 0 atom stereocenters. The SMILES string of the molecule is NC(=O)Cc1ccccc1NC(=O)c1ccc(NC(=O)c2ccco2)s1. The lowest BCUT2D eigenvalue weighted by Gasteiger charge is -2.09. The molecular formula is C18H15N3O4S. The number of primary amides is 1. The Morgan fingerprint density at radius 1 is 0.962 bits per heavy atom. The topological polar surface area (TPSA) is 114 Å². The van der Waals surface area contributed by atoms with Crippen LogP contribution in [-0.2, 0) is 11.2 Å². The Bertz CT molecular complexity index is 947. The standard InChI is InChI=1S/C18H15N3O4S/c19-15(22)10-11-4-1-2-5-12(11)20-18(24)14-7-8-16(26-14)21-17(23)13-6-3-9-25-13/h1-9H,10H2,(H2,19,22)(H,20,24)(H,21,23). The van der Waals surface area contributed by atoms with Gasteiger partial charge in [-0.05, 0) is 35.9 Å². The third kappa shape index (κ3) is 4.17. The first-order valence-corrected chi connectivity index (χ1v) is 8.47. The highest BCUT2D eigenvalue weighted by atomic mass is 32.1. The number of benzene rings is 1. The fourth-order valence-corrected chi connectivity index (χ4v) is 3.07. The Morgan fingerprint density at radius 3 is 2.50 bits per heavy atom. The predicted molar refractivity (Wildman–Crippen MR) is 98.3 cm³/mol. The Kier molecular flexibility index (Phi) is 5.14. The van der Waals surface area contributed by atoms with Crippen molar-refractivity contribution in [3.05, 3.63) is 71.0 Å². The Labute approximate surface area is 152 Å². The number of rotatable bonds is 6. The minimum absolute atomic E-state index is 0.0331. The van der Waals surface area contributed by atoms with Crippen LogP contribution in [0.15, 0.2) is 59.2 Å². The Balaban J connectivity index is 1.69. The van der Waals surface area contributed by atoms with Crippen molar-refractivity contribution in [3.63, 3.8) is 0 Å². The highest BCUT2D eigenvalue weighted by Crippen LogP contribution is 2.24. The maximum absolute atomic E-state index is 12.4. The Morgan fingerprint density at radius 2 is 1.77 bits per heavy atom. The lowest BCUT2D eigenvalue weighted by Crippen LogP contribution is -2.17. The van der Waals surface area contributed by atoms with Gasteiger partial charge in [0.05, 0.1) is 22.6 Å². The van der Waals surface area contributed by atoms with E-state index in [0.29, 0.717) is 21.1 Å². The lowest BCUT2D eigenvalue weighted by atomic mass is 10.1. The molecule has 0 aliphatic heterocycles. The number of nitrogens with one attached hydrogen (secondary N) is 2. The average Bonchev–Trinajstić information content (AvgIpc) is 3.27. The molecule has 0 saturated heterocycles. The smallest absolute Gasteiger partial charge is 0.291 e. The molecule has 0 aliphatic rings. The molecule has 0 bridgehead atoms. The van der Waals surface area contributed by atoms with Crippen LogP contribution < -0.4 is 16.4 Å². The van der Waals surface area contributed by atoms with E-state index in [1.165, 1.54) is 6.26 Å². The minimum atomic E-state index is -0.481. The van der Waals surface area contributed by atoms with E-state index in [1.54, 1.807) is 48.5 Å². The van der Waals surface area contributed by atoms with Crippen LogP contribution >= 0.6 is 11.3 Å². The number of hydrogen-bond donors (Lipinski definition) is 3. The monoisotopic (exact) mass is 369 g/mol. The van der Waals surface area contributed by atoms with Crippen molar-refractivity contribution < 1.29 is 18.8 Å². The molecule has 4 N–H and O–H groups in total. The zero-order valence-corrected chi connectivity index (χ0v) is 14.3. The van der Waals surface area contributed by atoms with Gasteiger partial charge in [0.15, 0.2) is 5.76 Å². The number of furan rings is 1. The molecule has 7 nitrogen and oxygen atoms in total. The maximum Gasteiger partial charge on any atom is 0.291 e. The summed E-state index contributed by atoms with van der Waals surface area (Å²) in [5, 5.41) is 5.94. The van der Waals surface area contributed by atoms with Gasteiger partial charge in [0.2, 0.25) is 5.91 Å². The quantitative estimate of drug-likeness (QED) is 0.620. The van der Waals surface area contributed by atoms with Crippen molar-refractivity contribution in [1.29, 1.82) is 0 Å². The zero-order valence-electron chi connectivity index (χ0n) is 13.5. The number of para-hydroxylation sites is 1. The van der Waals surface area contributed by atoms with Crippen molar-refractivity contribution in [3.8, 4) is 0 Å². The van der Waals surface area contributed by atoms with Crippen molar-refractivity contribution in [2.45, 2.75) is 6.42 Å². The summed E-state index contributed by atoms with van der Waals surface area (Å²) in [4.78, 5) is 35.9. The molecule has 0 radical (unpaired) electrons. The molecule has 8 heteroatoms. The normalized spacial score (nSPS) is 10.3. The van der Waals surface area contributed by atoms with Crippen LogP contribution in [0.3, 0.4) is 0 Å². The van der Waals surface area contributed by atoms with Crippen molar-refractivity contribution in [1.82, 2.24) is 0 Å². The first-order valence-electron chi connectivity index (χ1n) is 7.65. The highest BCUT2D eigenvalue weighted by Gasteiger charge is 2.15. The number of hydrogen-bond acceptors (Lipinski definition) is 5. The summed E-state index contributed by atoms with van der Waals surface area (Å²) in [6.45, 7) is 0. The number of nitrogens with two attached hydrogens (primary N) is 1. The van der Waals surface area contributed by atoms with E-state index in [9.17, 15) is 14.4 Å². The van der Waals surface area contributed by atoms with Crippen molar-refractivity contribution in [2.75, 3.05) is 10.6 Å². The third-order valence-electron chi connectivity index (χ3n) is 3.44. The van der Waals surface area contributed by atoms with Gasteiger partial charge in [-0.15, -0.1) is 11.3 Å². The molecular weight excluding hydrogens is 354 g/mol. The van der Waals surface area contributed by atoms with E-state index < -0.39 is 11.8 Å². The molecule has 2 heterocycles. The lowest BCUT2D eigenvalue weighted by molar-refractivity contribution is -0.117. The molecule has 0 saturated carbocycles. The fraction of sp³-hybridized carbons (Fsp3) is 0.0556. The second-order valence-corrected chi connectivity index (χ2v) is 6.43. The summed E-state index contributed by atoms with van der Waals surface area (Å²) >= 11 is 1.13. The molecule has 0 unspecified atom stereocenters. The molecule has 132 valence electrons. The molecule has 3 amide bonds. The van der Waals surface area contributed by atoms with E-state index in [-0.39, 0.29) is 18.1 Å². The van der Waals surface area contributed by atoms with Gasteiger partial charge in [0, 0.05) is 5.69 Å².